The number of hydrogen-bond donors (Lipinski definition) is 0. The molecule has 5 nitrogen and oxygen atoms in total. The molecule has 28 heavy (non-hydrogen) atoms. The number of para-hydroxylation sites is 1. The van der Waals surface area contributed by atoms with Crippen molar-refractivity contribution >= 4 is 21.6 Å². The zero-order valence-corrected chi connectivity index (χ0v) is 16.6. The lowest BCUT2D eigenvalue weighted by Crippen LogP contribution is -2.46. The fourth-order valence-corrected chi connectivity index (χ4v) is 5.73. The minimum Gasteiger partial charge on any atom is -0.311 e. The van der Waals surface area contributed by atoms with Crippen LogP contribution in [0.5, 0.6) is 0 Å². The average molecular weight is 402 g/mol. The fraction of sp³-hybridized carbons (Fsp3) is 0.381. The first-order valence-corrected chi connectivity index (χ1v) is 11.0. The van der Waals surface area contributed by atoms with Gasteiger partial charge < -0.3 is 4.90 Å². The first kappa shape index (κ1) is 19.1. The van der Waals surface area contributed by atoms with Crippen molar-refractivity contribution in [1.82, 2.24) is 4.31 Å². The summed E-state index contributed by atoms with van der Waals surface area (Å²) in [6, 6.07) is 10.9. The number of carbonyl (C=O) groups is 1. The molecule has 1 atom stereocenters. The fourth-order valence-electron chi connectivity index (χ4n) is 4.21. The Labute approximate surface area is 164 Å². The van der Waals surface area contributed by atoms with E-state index in [9.17, 15) is 17.6 Å². The minimum atomic E-state index is -3.74. The lowest BCUT2D eigenvalue weighted by atomic mass is 9.97. The maximum Gasteiger partial charge on any atom is 0.243 e. The summed E-state index contributed by atoms with van der Waals surface area (Å²) in [7, 11) is -3.74. The number of piperidine rings is 1. The van der Waals surface area contributed by atoms with Gasteiger partial charge in [0.1, 0.15) is 5.82 Å². The predicted molar refractivity (Wildman–Crippen MR) is 105 cm³/mol. The summed E-state index contributed by atoms with van der Waals surface area (Å²) >= 11 is 0. The number of aryl methyl sites for hydroxylation is 1. The van der Waals surface area contributed by atoms with Crippen molar-refractivity contribution in [2.24, 2.45) is 5.92 Å². The van der Waals surface area contributed by atoms with Gasteiger partial charge in [-0.25, -0.2) is 12.8 Å². The third kappa shape index (κ3) is 3.33. The molecule has 2 aliphatic rings. The molecule has 148 valence electrons. The Hall–Kier alpha value is -2.25. The van der Waals surface area contributed by atoms with Crippen molar-refractivity contribution in [2.45, 2.75) is 31.1 Å². The molecule has 2 heterocycles. The third-order valence-electron chi connectivity index (χ3n) is 5.65. The molecule has 4 rings (SSSR count). The van der Waals surface area contributed by atoms with Crippen molar-refractivity contribution < 1.29 is 17.6 Å². The lowest BCUT2D eigenvalue weighted by Gasteiger charge is -2.33. The summed E-state index contributed by atoms with van der Waals surface area (Å²) in [5, 5.41) is 0. The number of fused-ring (bicyclic) bond motifs is 1. The van der Waals surface area contributed by atoms with E-state index in [-0.39, 0.29) is 23.3 Å². The topological polar surface area (TPSA) is 57.7 Å². The summed E-state index contributed by atoms with van der Waals surface area (Å²) in [5.74, 6) is -0.852. The van der Waals surface area contributed by atoms with Gasteiger partial charge in [-0.2, -0.15) is 4.31 Å². The number of nitrogens with zero attached hydrogens (tertiary/aromatic N) is 2. The second-order valence-corrected chi connectivity index (χ2v) is 9.42. The molecule has 2 aliphatic heterocycles. The second kappa shape index (κ2) is 7.29. The largest absolute Gasteiger partial charge is 0.311 e. The summed E-state index contributed by atoms with van der Waals surface area (Å²) in [6.07, 6.45) is 2.13. The molecule has 2 aromatic carbocycles. The van der Waals surface area contributed by atoms with Gasteiger partial charge >= 0.3 is 0 Å². The normalized spacial score (nSPS) is 20.2. The lowest BCUT2D eigenvalue weighted by molar-refractivity contribution is -0.123. The number of sulfonamides is 1. The quantitative estimate of drug-likeness (QED) is 0.793. The summed E-state index contributed by atoms with van der Waals surface area (Å²) in [4.78, 5) is 15.1. The van der Waals surface area contributed by atoms with Crippen molar-refractivity contribution in [3.05, 3.63) is 59.4 Å². The average Bonchev–Trinajstić information content (AvgIpc) is 3.13. The van der Waals surface area contributed by atoms with E-state index in [1.807, 2.05) is 30.0 Å². The monoisotopic (exact) mass is 402 g/mol. The van der Waals surface area contributed by atoms with Crippen LogP contribution in [0.3, 0.4) is 0 Å². The van der Waals surface area contributed by atoms with E-state index >= 15 is 0 Å². The summed E-state index contributed by atoms with van der Waals surface area (Å²) in [5.41, 5.74) is 3.21. The smallest absolute Gasteiger partial charge is 0.243 e. The van der Waals surface area contributed by atoms with Crippen LogP contribution in [0.4, 0.5) is 10.1 Å². The third-order valence-corrected chi connectivity index (χ3v) is 7.53. The minimum absolute atomic E-state index is 0.00736. The first-order chi connectivity index (χ1) is 13.4. The van der Waals surface area contributed by atoms with Crippen LogP contribution in [0.15, 0.2) is 47.4 Å². The van der Waals surface area contributed by atoms with Gasteiger partial charge in [0, 0.05) is 25.3 Å². The maximum absolute atomic E-state index is 13.2. The van der Waals surface area contributed by atoms with Crippen LogP contribution < -0.4 is 4.90 Å². The Morgan fingerprint density at radius 1 is 1.11 bits per heavy atom. The van der Waals surface area contributed by atoms with E-state index in [0.717, 1.165) is 29.8 Å². The van der Waals surface area contributed by atoms with Crippen molar-refractivity contribution in [2.75, 3.05) is 24.5 Å². The number of carbonyl (C=O) groups excluding carboxylic acids is 1. The highest BCUT2D eigenvalue weighted by Crippen LogP contribution is 2.34. The number of rotatable bonds is 3. The highest BCUT2D eigenvalue weighted by molar-refractivity contribution is 7.89. The Bertz CT molecular complexity index is 1000. The number of halogens is 1. The molecule has 1 saturated heterocycles. The SMILES string of the molecule is Cc1cccc2c1N(C(=O)C1CCCN(S(=O)(=O)c3ccc(F)cc3)C1)CC2. The van der Waals surface area contributed by atoms with Crippen LogP contribution in [0.1, 0.15) is 24.0 Å². The molecule has 0 radical (unpaired) electrons. The molecule has 0 bridgehead atoms. The van der Waals surface area contributed by atoms with Gasteiger partial charge in [0.25, 0.3) is 0 Å². The molecule has 0 saturated carbocycles. The van der Waals surface area contributed by atoms with E-state index < -0.39 is 15.8 Å². The first-order valence-electron chi connectivity index (χ1n) is 9.53. The van der Waals surface area contributed by atoms with Crippen LogP contribution in [-0.4, -0.2) is 38.3 Å². The standard InChI is InChI=1S/C21H23FN2O3S/c1-15-4-2-5-16-11-13-24(20(15)16)21(25)17-6-3-12-23(14-17)28(26,27)19-9-7-18(22)8-10-19/h2,4-5,7-10,17H,3,6,11-14H2,1H3. The van der Waals surface area contributed by atoms with E-state index in [4.69, 9.17) is 0 Å². The Morgan fingerprint density at radius 3 is 2.61 bits per heavy atom. The van der Waals surface area contributed by atoms with Gasteiger partial charge in [-0.05, 0) is 61.6 Å². The molecule has 0 aliphatic carbocycles. The van der Waals surface area contributed by atoms with E-state index in [1.54, 1.807) is 0 Å². The molecule has 7 heteroatoms. The van der Waals surface area contributed by atoms with Gasteiger partial charge in [-0.1, -0.05) is 18.2 Å². The molecule has 1 unspecified atom stereocenters. The highest BCUT2D eigenvalue weighted by Gasteiger charge is 2.37. The van der Waals surface area contributed by atoms with E-state index in [2.05, 4.69) is 0 Å². The van der Waals surface area contributed by atoms with Gasteiger partial charge in [-0.15, -0.1) is 0 Å². The zero-order valence-electron chi connectivity index (χ0n) is 15.8. The van der Waals surface area contributed by atoms with Crippen molar-refractivity contribution in [3.8, 4) is 0 Å². The number of benzene rings is 2. The van der Waals surface area contributed by atoms with Crippen LogP contribution in [-0.2, 0) is 21.2 Å². The van der Waals surface area contributed by atoms with Crippen LogP contribution >= 0.6 is 0 Å². The maximum atomic E-state index is 13.2. The summed E-state index contributed by atoms with van der Waals surface area (Å²) in [6.45, 7) is 3.17. The number of anilines is 1. The molecule has 0 N–H and O–H groups in total. The van der Waals surface area contributed by atoms with Gasteiger partial charge in [-0.3, -0.25) is 4.79 Å². The van der Waals surface area contributed by atoms with Gasteiger partial charge in [0.05, 0.1) is 10.8 Å². The molecular formula is C21H23FN2O3S. The molecule has 1 amide bonds. The van der Waals surface area contributed by atoms with Crippen molar-refractivity contribution in [3.63, 3.8) is 0 Å². The molecule has 0 aromatic heterocycles. The van der Waals surface area contributed by atoms with Crippen LogP contribution in [0, 0.1) is 18.7 Å². The van der Waals surface area contributed by atoms with Crippen LogP contribution in [0.2, 0.25) is 0 Å². The predicted octanol–water partition coefficient (Wildman–Crippen LogP) is 3.12. The summed E-state index contributed by atoms with van der Waals surface area (Å²) < 4.78 is 40.4. The Balaban J connectivity index is 1.55. The molecule has 0 spiro atoms. The Morgan fingerprint density at radius 2 is 1.86 bits per heavy atom. The second-order valence-electron chi connectivity index (χ2n) is 7.48. The van der Waals surface area contributed by atoms with E-state index in [0.29, 0.717) is 25.9 Å². The van der Waals surface area contributed by atoms with Crippen molar-refractivity contribution in [1.29, 1.82) is 0 Å². The van der Waals surface area contributed by atoms with E-state index in [1.165, 1.54) is 22.0 Å². The van der Waals surface area contributed by atoms with Gasteiger partial charge in [0.2, 0.25) is 15.9 Å². The Kier molecular flexibility index (Phi) is 4.97. The highest BCUT2D eigenvalue weighted by atomic mass is 32.2. The van der Waals surface area contributed by atoms with Gasteiger partial charge in [0.15, 0.2) is 0 Å². The van der Waals surface area contributed by atoms with Crippen LogP contribution in [0.25, 0.3) is 0 Å². The number of hydrogen-bond acceptors (Lipinski definition) is 3. The number of amides is 1. The molecule has 1 fully saturated rings. The molecular weight excluding hydrogens is 379 g/mol. The molecule has 2 aromatic rings. The zero-order chi connectivity index (χ0) is 19.9.